The number of carbonyl (C=O) groups is 1. The molecule has 0 heterocycles. The molecule has 0 aliphatic carbocycles. The molecule has 0 fully saturated rings. The molecule has 0 aromatic heterocycles. The molecule has 19 heavy (non-hydrogen) atoms. The zero-order chi connectivity index (χ0) is 14.5. The van der Waals surface area contributed by atoms with Crippen LogP contribution in [0.15, 0.2) is 29.2 Å². The monoisotopic (exact) mass is 284 g/mol. The van der Waals surface area contributed by atoms with Crippen molar-refractivity contribution in [3.63, 3.8) is 0 Å². The van der Waals surface area contributed by atoms with E-state index in [0.717, 1.165) is 19.1 Å². The van der Waals surface area contributed by atoms with Crippen LogP contribution >= 0.6 is 0 Å². The molecule has 0 bridgehead atoms. The van der Waals surface area contributed by atoms with Gasteiger partial charge in [0.2, 0.25) is 0 Å². The predicted molar refractivity (Wildman–Crippen MR) is 76.1 cm³/mol. The van der Waals surface area contributed by atoms with E-state index in [9.17, 15) is 13.2 Å². The fourth-order valence-corrected chi connectivity index (χ4v) is 2.57. The zero-order valence-electron chi connectivity index (χ0n) is 11.4. The summed E-state index contributed by atoms with van der Waals surface area (Å²) >= 11 is 0. The number of anilines is 1. The third-order valence-corrected chi connectivity index (χ3v) is 4.01. The average molecular weight is 284 g/mol. The maximum absolute atomic E-state index is 11.8. The lowest BCUT2D eigenvalue weighted by Crippen LogP contribution is -2.37. The van der Waals surface area contributed by atoms with E-state index < -0.39 is 9.84 Å². The number of benzene rings is 1. The highest BCUT2D eigenvalue weighted by Crippen LogP contribution is 2.20. The van der Waals surface area contributed by atoms with Gasteiger partial charge in [-0.1, -0.05) is 26.0 Å². The molecule has 0 radical (unpaired) electrons. The second-order valence-electron chi connectivity index (χ2n) is 4.38. The van der Waals surface area contributed by atoms with E-state index in [-0.39, 0.29) is 17.0 Å². The summed E-state index contributed by atoms with van der Waals surface area (Å²) in [5.74, 6) is 0. The number of urea groups is 1. The number of carbonyl (C=O) groups excluding carboxylic acids is 1. The second kappa shape index (κ2) is 6.56. The van der Waals surface area contributed by atoms with Crippen molar-refractivity contribution in [1.29, 1.82) is 0 Å². The lowest BCUT2D eigenvalue weighted by atomic mass is 10.2. The molecule has 106 valence electrons. The first-order valence-electron chi connectivity index (χ1n) is 6.25. The van der Waals surface area contributed by atoms with Gasteiger partial charge in [0.05, 0.1) is 10.6 Å². The van der Waals surface area contributed by atoms with Crippen molar-refractivity contribution in [2.45, 2.75) is 37.6 Å². The molecule has 5 nitrogen and oxygen atoms in total. The summed E-state index contributed by atoms with van der Waals surface area (Å²) < 4.78 is 23.2. The molecule has 1 aromatic rings. The Labute approximate surface area is 114 Å². The summed E-state index contributed by atoms with van der Waals surface area (Å²) in [5.41, 5.74) is 0.299. The quantitative estimate of drug-likeness (QED) is 0.871. The third-order valence-electron chi connectivity index (χ3n) is 2.86. The van der Waals surface area contributed by atoms with Gasteiger partial charge in [0.25, 0.3) is 0 Å². The molecule has 0 saturated carbocycles. The summed E-state index contributed by atoms with van der Waals surface area (Å²) in [6, 6.07) is 6.06. The third kappa shape index (κ3) is 4.55. The minimum Gasteiger partial charge on any atom is -0.335 e. The van der Waals surface area contributed by atoms with Gasteiger partial charge >= 0.3 is 6.03 Å². The second-order valence-corrected chi connectivity index (χ2v) is 6.36. The Balaban J connectivity index is 2.86. The van der Waals surface area contributed by atoms with Crippen LogP contribution < -0.4 is 10.6 Å². The van der Waals surface area contributed by atoms with Crippen molar-refractivity contribution < 1.29 is 13.2 Å². The van der Waals surface area contributed by atoms with E-state index >= 15 is 0 Å². The van der Waals surface area contributed by atoms with Crippen LogP contribution in [0.5, 0.6) is 0 Å². The summed E-state index contributed by atoms with van der Waals surface area (Å²) in [6.45, 7) is 3.97. The normalized spacial score (nSPS) is 11.4. The molecule has 1 rings (SSSR count). The van der Waals surface area contributed by atoms with Crippen LogP contribution in [0.1, 0.15) is 26.7 Å². The molecule has 0 aliphatic rings. The van der Waals surface area contributed by atoms with Crippen LogP contribution in [0.2, 0.25) is 0 Å². The van der Waals surface area contributed by atoms with E-state index in [4.69, 9.17) is 0 Å². The topological polar surface area (TPSA) is 75.3 Å². The van der Waals surface area contributed by atoms with Gasteiger partial charge in [-0.15, -0.1) is 0 Å². The number of amides is 2. The lowest BCUT2D eigenvalue weighted by Gasteiger charge is -2.16. The van der Waals surface area contributed by atoms with Crippen LogP contribution in [0.4, 0.5) is 10.5 Å². The average Bonchev–Trinajstić information content (AvgIpc) is 2.35. The highest BCUT2D eigenvalue weighted by Gasteiger charge is 2.15. The van der Waals surface area contributed by atoms with Crippen molar-refractivity contribution in [2.75, 3.05) is 11.6 Å². The molecule has 2 N–H and O–H groups in total. The maximum atomic E-state index is 11.8. The predicted octanol–water partition coefficient (Wildman–Crippen LogP) is 2.40. The van der Waals surface area contributed by atoms with Gasteiger partial charge in [0, 0.05) is 12.3 Å². The summed E-state index contributed by atoms with van der Waals surface area (Å²) in [5, 5.41) is 5.39. The fraction of sp³-hybridized carbons (Fsp3) is 0.462. The first-order valence-corrected chi connectivity index (χ1v) is 8.14. The molecule has 0 aliphatic heterocycles. The van der Waals surface area contributed by atoms with Crippen LogP contribution in [0.3, 0.4) is 0 Å². The van der Waals surface area contributed by atoms with Crippen molar-refractivity contribution in [3.8, 4) is 0 Å². The van der Waals surface area contributed by atoms with Crippen molar-refractivity contribution in [3.05, 3.63) is 24.3 Å². The summed E-state index contributed by atoms with van der Waals surface area (Å²) in [4.78, 5) is 11.9. The Kier molecular flexibility index (Phi) is 5.35. The van der Waals surface area contributed by atoms with Crippen LogP contribution in [0.25, 0.3) is 0 Å². The number of hydrogen-bond donors (Lipinski definition) is 2. The van der Waals surface area contributed by atoms with Crippen molar-refractivity contribution >= 4 is 21.6 Å². The Morgan fingerprint density at radius 2 is 1.79 bits per heavy atom. The van der Waals surface area contributed by atoms with Crippen molar-refractivity contribution in [1.82, 2.24) is 5.32 Å². The van der Waals surface area contributed by atoms with Crippen molar-refractivity contribution in [2.24, 2.45) is 0 Å². The lowest BCUT2D eigenvalue weighted by molar-refractivity contribution is 0.247. The molecule has 2 amide bonds. The van der Waals surface area contributed by atoms with E-state index in [1.165, 1.54) is 6.07 Å². The molecule has 1 aromatic carbocycles. The number of rotatable bonds is 5. The van der Waals surface area contributed by atoms with Gasteiger partial charge in [-0.3, -0.25) is 0 Å². The molecule has 0 unspecified atom stereocenters. The van der Waals surface area contributed by atoms with Crippen LogP contribution in [0, 0.1) is 0 Å². The number of nitrogens with one attached hydrogen (secondary N) is 2. The van der Waals surface area contributed by atoms with Gasteiger partial charge < -0.3 is 10.6 Å². The van der Waals surface area contributed by atoms with E-state index in [2.05, 4.69) is 10.6 Å². The molecular weight excluding hydrogens is 264 g/mol. The zero-order valence-corrected chi connectivity index (χ0v) is 12.3. The highest BCUT2D eigenvalue weighted by molar-refractivity contribution is 7.90. The first kappa shape index (κ1) is 15.5. The Morgan fingerprint density at radius 3 is 2.32 bits per heavy atom. The highest BCUT2D eigenvalue weighted by atomic mass is 32.2. The number of sulfone groups is 1. The molecule has 0 spiro atoms. The number of hydrogen-bond acceptors (Lipinski definition) is 3. The van der Waals surface area contributed by atoms with Crippen LogP contribution in [-0.2, 0) is 9.84 Å². The maximum Gasteiger partial charge on any atom is 0.319 e. The smallest absolute Gasteiger partial charge is 0.319 e. The Bertz CT molecular complexity index is 537. The Hall–Kier alpha value is -1.56. The SMILES string of the molecule is CCC(CC)NC(=O)Nc1ccccc1S(C)(=O)=O. The van der Waals surface area contributed by atoms with Gasteiger partial charge in [0.1, 0.15) is 0 Å². The summed E-state index contributed by atoms with van der Waals surface area (Å²) in [6.07, 6.45) is 2.78. The Morgan fingerprint density at radius 1 is 1.21 bits per heavy atom. The minimum atomic E-state index is -3.36. The molecule has 0 atom stereocenters. The summed E-state index contributed by atoms with van der Waals surface area (Å²) in [7, 11) is -3.36. The molecule has 0 saturated heterocycles. The molecular formula is C13H20N2O3S. The van der Waals surface area contributed by atoms with Gasteiger partial charge in [-0.05, 0) is 25.0 Å². The van der Waals surface area contributed by atoms with Gasteiger partial charge in [-0.2, -0.15) is 0 Å². The minimum absolute atomic E-state index is 0.0883. The van der Waals surface area contributed by atoms with Gasteiger partial charge in [0.15, 0.2) is 9.84 Å². The fourth-order valence-electron chi connectivity index (χ4n) is 1.73. The first-order chi connectivity index (χ1) is 8.88. The van der Waals surface area contributed by atoms with Gasteiger partial charge in [-0.25, -0.2) is 13.2 Å². The largest absolute Gasteiger partial charge is 0.335 e. The molecule has 6 heteroatoms. The van der Waals surface area contributed by atoms with E-state index in [1.807, 2.05) is 13.8 Å². The van der Waals surface area contributed by atoms with Crippen LogP contribution in [-0.4, -0.2) is 26.7 Å². The van der Waals surface area contributed by atoms with E-state index in [1.54, 1.807) is 18.2 Å². The van der Waals surface area contributed by atoms with E-state index in [0.29, 0.717) is 5.69 Å². The number of para-hydroxylation sites is 1. The standard InChI is InChI=1S/C13H20N2O3S/c1-4-10(5-2)14-13(16)15-11-8-6-7-9-12(11)19(3,17)18/h6-10H,4-5H2,1-3H3,(H2,14,15,16).